The van der Waals surface area contributed by atoms with Crippen LogP contribution >= 0.6 is 0 Å². The average Bonchev–Trinajstić information content (AvgIpc) is 2.54. The molecule has 0 aliphatic rings. The fourth-order valence-electron chi connectivity index (χ4n) is 2.60. The number of rotatable bonds is 7. The molecule has 0 aliphatic heterocycles. The van der Waals surface area contributed by atoms with Crippen LogP contribution in [0, 0.1) is 0 Å². The molecule has 21 heavy (non-hydrogen) atoms. The molecule has 0 amide bonds. The van der Waals surface area contributed by atoms with E-state index in [1.54, 1.807) is 0 Å². The summed E-state index contributed by atoms with van der Waals surface area (Å²) in [7, 11) is 0. The van der Waals surface area contributed by atoms with Crippen LogP contribution in [-0.2, 0) is 6.42 Å². The zero-order valence-corrected chi connectivity index (χ0v) is 13.5. The molecule has 0 radical (unpaired) electrons. The molecule has 0 heterocycles. The summed E-state index contributed by atoms with van der Waals surface area (Å²) in [6.07, 6.45) is 3.54. The summed E-state index contributed by atoms with van der Waals surface area (Å²) in [5.41, 5.74) is 5.38. The molecule has 0 saturated carbocycles. The number of hydrogen-bond donors (Lipinski definition) is 1. The van der Waals surface area contributed by atoms with Gasteiger partial charge in [-0.25, -0.2) is 0 Å². The van der Waals surface area contributed by atoms with E-state index in [9.17, 15) is 0 Å². The van der Waals surface area contributed by atoms with E-state index in [1.165, 1.54) is 41.5 Å². The summed E-state index contributed by atoms with van der Waals surface area (Å²) >= 11 is 0. The molecule has 0 spiro atoms. The Bertz CT molecular complexity index is 525. The molecule has 1 N–H and O–H groups in total. The van der Waals surface area contributed by atoms with Crippen LogP contribution in [0.2, 0.25) is 0 Å². The van der Waals surface area contributed by atoms with Crippen molar-refractivity contribution in [1.82, 2.24) is 5.32 Å². The van der Waals surface area contributed by atoms with E-state index >= 15 is 0 Å². The summed E-state index contributed by atoms with van der Waals surface area (Å²) in [5.74, 6) is 0. The Kier molecular flexibility index (Phi) is 6.01. The van der Waals surface area contributed by atoms with Crippen molar-refractivity contribution in [3.63, 3.8) is 0 Å². The second-order valence-electron chi connectivity index (χ2n) is 5.74. The van der Waals surface area contributed by atoms with E-state index in [0.717, 1.165) is 6.54 Å². The van der Waals surface area contributed by atoms with Gasteiger partial charge in [0, 0.05) is 6.04 Å². The van der Waals surface area contributed by atoms with Crippen molar-refractivity contribution in [1.29, 1.82) is 0 Å². The summed E-state index contributed by atoms with van der Waals surface area (Å²) in [5, 5.41) is 3.53. The first-order chi connectivity index (χ1) is 10.2. The van der Waals surface area contributed by atoms with E-state index < -0.39 is 0 Å². The van der Waals surface area contributed by atoms with Crippen LogP contribution in [0.15, 0.2) is 48.5 Å². The Labute approximate surface area is 129 Å². The van der Waals surface area contributed by atoms with Gasteiger partial charge < -0.3 is 5.32 Å². The SMILES string of the molecule is CCCNC(C)c1ccc(-c2ccc(CCC)cc2)cc1. The van der Waals surface area contributed by atoms with E-state index in [-0.39, 0.29) is 0 Å². The molecule has 1 nitrogen and oxygen atoms in total. The van der Waals surface area contributed by atoms with Crippen LogP contribution in [-0.4, -0.2) is 6.54 Å². The highest BCUT2D eigenvalue weighted by Gasteiger charge is 2.04. The van der Waals surface area contributed by atoms with Crippen molar-refractivity contribution in [2.45, 2.75) is 46.1 Å². The van der Waals surface area contributed by atoms with Crippen LogP contribution in [0.3, 0.4) is 0 Å². The van der Waals surface area contributed by atoms with Gasteiger partial charge in [-0.15, -0.1) is 0 Å². The molecule has 0 aliphatic carbocycles. The smallest absolute Gasteiger partial charge is 0.0291 e. The molecular formula is C20H27N. The van der Waals surface area contributed by atoms with Gasteiger partial charge in [-0.05, 0) is 48.6 Å². The Hall–Kier alpha value is -1.60. The predicted octanol–water partition coefficient (Wildman–Crippen LogP) is 5.37. The number of aryl methyl sites for hydroxylation is 1. The molecule has 1 heteroatoms. The van der Waals surface area contributed by atoms with Crippen molar-refractivity contribution < 1.29 is 0 Å². The maximum atomic E-state index is 3.53. The van der Waals surface area contributed by atoms with Gasteiger partial charge in [-0.2, -0.15) is 0 Å². The zero-order valence-electron chi connectivity index (χ0n) is 13.5. The second-order valence-corrected chi connectivity index (χ2v) is 5.74. The van der Waals surface area contributed by atoms with Crippen molar-refractivity contribution in [3.8, 4) is 11.1 Å². The third-order valence-corrected chi connectivity index (χ3v) is 3.94. The second kappa shape index (κ2) is 7.99. The van der Waals surface area contributed by atoms with Crippen LogP contribution in [0.5, 0.6) is 0 Å². The third kappa shape index (κ3) is 4.44. The molecule has 1 unspecified atom stereocenters. The average molecular weight is 281 g/mol. The molecule has 1 atom stereocenters. The van der Waals surface area contributed by atoms with E-state index in [2.05, 4.69) is 74.6 Å². The number of nitrogens with one attached hydrogen (secondary N) is 1. The van der Waals surface area contributed by atoms with Gasteiger partial charge in [0.2, 0.25) is 0 Å². The maximum absolute atomic E-state index is 3.53. The first kappa shape index (κ1) is 15.8. The van der Waals surface area contributed by atoms with Gasteiger partial charge in [-0.3, -0.25) is 0 Å². The van der Waals surface area contributed by atoms with Gasteiger partial charge in [-0.1, -0.05) is 68.8 Å². The Morgan fingerprint density at radius 1 is 0.810 bits per heavy atom. The fourth-order valence-corrected chi connectivity index (χ4v) is 2.60. The van der Waals surface area contributed by atoms with Gasteiger partial charge >= 0.3 is 0 Å². The van der Waals surface area contributed by atoms with Crippen molar-refractivity contribution in [2.24, 2.45) is 0 Å². The third-order valence-electron chi connectivity index (χ3n) is 3.94. The van der Waals surface area contributed by atoms with Crippen LogP contribution in [0.25, 0.3) is 11.1 Å². The molecule has 0 saturated heterocycles. The largest absolute Gasteiger partial charge is 0.310 e. The zero-order chi connectivity index (χ0) is 15.1. The van der Waals surface area contributed by atoms with E-state index in [4.69, 9.17) is 0 Å². The Balaban J connectivity index is 2.07. The molecule has 2 rings (SSSR count). The number of benzene rings is 2. The highest BCUT2D eigenvalue weighted by molar-refractivity contribution is 5.64. The molecule has 0 fully saturated rings. The Morgan fingerprint density at radius 2 is 1.38 bits per heavy atom. The van der Waals surface area contributed by atoms with Crippen LogP contribution in [0.1, 0.15) is 50.8 Å². The van der Waals surface area contributed by atoms with Crippen molar-refractivity contribution >= 4 is 0 Å². The Morgan fingerprint density at radius 3 is 1.90 bits per heavy atom. The fraction of sp³-hybridized carbons (Fsp3) is 0.400. The topological polar surface area (TPSA) is 12.0 Å². The minimum absolute atomic E-state index is 0.422. The lowest BCUT2D eigenvalue weighted by Crippen LogP contribution is -2.19. The minimum atomic E-state index is 0.422. The molecule has 112 valence electrons. The molecule has 2 aromatic carbocycles. The highest BCUT2D eigenvalue weighted by Crippen LogP contribution is 2.22. The van der Waals surface area contributed by atoms with Gasteiger partial charge in [0.15, 0.2) is 0 Å². The summed E-state index contributed by atoms with van der Waals surface area (Å²) in [4.78, 5) is 0. The summed E-state index contributed by atoms with van der Waals surface area (Å²) in [6, 6.07) is 18.3. The molecule has 0 bridgehead atoms. The van der Waals surface area contributed by atoms with Gasteiger partial charge in [0.05, 0.1) is 0 Å². The summed E-state index contributed by atoms with van der Waals surface area (Å²) < 4.78 is 0. The van der Waals surface area contributed by atoms with Crippen molar-refractivity contribution in [2.75, 3.05) is 6.54 Å². The van der Waals surface area contributed by atoms with Crippen LogP contribution < -0.4 is 5.32 Å². The van der Waals surface area contributed by atoms with E-state index in [0.29, 0.717) is 6.04 Å². The summed E-state index contributed by atoms with van der Waals surface area (Å²) in [6.45, 7) is 7.72. The lowest BCUT2D eigenvalue weighted by atomic mass is 9.99. The van der Waals surface area contributed by atoms with Gasteiger partial charge in [0.25, 0.3) is 0 Å². The van der Waals surface area contributed by atoms with Crippen molar-refractivity contribution in [3.05, 3.63) is 59.7 Å². The lowest BCUT2D eigenvalue weighted by Gasteiger charge is -2.14. The van der Waals surface area contributed by atoms with Gasteiger partial charge in [0.1, 0.15) is 0 Å². The molecule has 2 aromatic rings. The highest BCUT2D eigenvalue weighted by atomic mass is 14.9. The number of hydrogen-bond acceptors (Lipinski definition) is 1. The van der Waals surface area contributed by atoms with Crippen LogP contribution in [0.4, 0.5) is 0 Å². The minimum Gasteiger partial charge on any atom is -0.310 e. The normalized spacial score (nSPS) is 12.3. The maximum Gasteiger partial charge on any atom is 0.0291 e. The lowest BCUT2D eigenvalue weighted by molar-refractivity contribution is 0.571. The predicted molar refractivity (Wildman–Crippen MR) is 92.6 cm³/mol. The first-order valence-corrected chi connectivity index (χ1v) is 8.17. The quantitative estimate of drug-likeness (QED) is 0.719. The standard InChI is InChI=1S/C20H27N/c1-4-6-17-7-9-19(10-8-17)20-13-11-18(12-14-20)16(3)21-15-5-2/h7-14,16,21H,4-6,15H2,1-3H3. The molecule has 0 aromatic heterocycles. The monoisotopic (exact) mass is 281 g/mol. The molecular weight excluding hydrogens is 254 g/mol. The van der Waals surface area contributed by atoms with E-state index in [1.807, 2.05) is 0 Å². The first-order valence-electron chi connectivity index (χ1n) is 8.17.